The molecule has 3 rings (SSSR count). The number of rotatable bonds is 2. The third-order valence-corrected chi connectivity index (χ3v) is 5.11. The van der Waals surface area contributed by atoms with E-state index in [-0.39, 0.29) is 19.8 Å². The Morgan fingerprint density at radius 2 is 1.70 bits per heavy atom. The molecule has 0 bridgehead atoms. The first-order valence-electron chi connectivity index (χ1n) is 6.26. The first-order valence-corrected chi connectivity index (χ1v) is 8.08. The van der Waals surface area contributed by atoms with Crippen molar-refractivity contribution in [2.75, 3.05) is 0 Å². The Morgan fingerprint density at radius 1 is 1.04 bits per heavy atom. The summed E-state index contributed by atoms with van der Waals surface area (Å²) >= 11 is 5.69. The van der Waals surface area contributed by atoms with Gasteiger partial charge in [0.2, 0.25) is 0 Å². The smallest absolute Gasteiger partial charge is 0.306 e. The van der Waals surface area contributed by atoms with Crippen LogP contribution in [0.25, 0.3) is 10.9 Å². The molecule has 0 aliphatic rings. The van der Waals surface area contributed by atoms with Crippen molar-refractivity contribution >= 4 is 32.5 Å². The van der Waals surface area contributed by atoms with Gasteiger partial charge in [-0.3, -0.25) is 4.79 Å². The van der Waals surface area contributed by atoms with Crippen LogP contribution in [0.15, 0.2) is 56.9 Å². The monoisotopic (exact) mass is 354 g/mol. The molecule has 0 aliphatic heterocycles. The lowest BCUT2D eigenvalue weighted by Crippen LogP contribution is -2.40. The van der Waals surface area contributed by atoms with Gasteiger partial charge >= 0.3 is 5.69 Å². The first-order chi connectivity index (χ1) is 10.8. The molecule has 23 heavy (non-hydrogen) atoms. The van der Waals surface area contributed by atoms with Crippen LogP contribution in [0.5, 0.6) is 0 Å². The highest BCUT2D eigenvalue weighted by Gasteiger charge is 2.23. The molecule has 0 radical (unpaired) electrons. The van der Waals surface area contributed by atoms with Crippen molar-refractivity contribution in [3.8, 4) is 0 Å². The SMILES string of the molecule is O=c1[nH]c2ccc(F)cc2c(=O)n1S(=O)(=O)c1ccc(Cl)cc1. The van der Waals surface area contributed by atoms with Crippen LogP contribution < -0.4 is 11.2 Å². The van der Waals surface area contributed by atoms with Gasteiger partial charge in [0.25, 0.3) is 15.6 Å². The molecule has 0 amide bonds. The summed E-state index contributed by atoms with van der Waals surface area (Å²) in [4.78, 5) is 26.4. The van der Waals surface area contributed by atoms with Crippen molar-refractivity contribution in [1.82, 2.24) is 8.96 Å². The molecule has 1 aromatic heterocycles. The van der Waals surface area contributed by atoms with Crippen LogP contribution >= 0.6 is 11.6 Å². The Morgan fingerprint density at radius 3 is 2.35 bits per heavy atom. The van der Waals surface area contributed by atoms with Gasteiger partial charge in [0.1, 0.15) is 5.82 Å². The molecule has 0 saturated carbocycles. The Labute approximate surface area is 133 Å². The van der Waals surface area contributed by atoms with E-state index in [4.69, 9.17) is 11.6 Å². The molecule has 0 aliphatic carbocycles. The second-order valence-corrected chi connectivity index (χ2v) is 6.87. The van der Waals surface area contributed by atoms with Gasteiger partial charge in [-0.25, -0.2) is 17.6 Å². The Kier molecular flexibility index (Phi) is 3.57. The second-order valence-electron chi connectivity index (χ2n) is 4.65. The molecule has 0 fully saturated rings. The molecule has 1 N–H and O–H groups in total. The van der Waals surface area contributed by atoms with Crippen molar-refractivity contribution in [2.45, 2.75) is 4.90 Å². The number of hydrogen-bond acceptors (Lipinski definition) is 4. The molecular weight excluding hydrogens is 347 g/mol. The number of halogens is 2. The number of nitrogens with one attached hydrogen (secondary N) is 1. The molecular formula is C14H8ClFN2O4S. The number of nitrogens with zero attached hydrogens (tertiary/aromatic N) is 1. The number of aromatic nitrogens is 2. The summed E-state index contributed by atoms with van der Waals surface area (Å²) in [5.41, 5.74) is -2.22. The van der Waals surface area contributed by atoms with E-state index in [1.807, 2.05) is 0 Å². The van der Waals surface area contributed by atoms with Crippen LogP contribution in [0.1, 0.15) is 0 Å². The predicted octanol–water partition coefficient (Wildman–Crippen LogP) is 1.72. The van der Waals surface area contributed by atoms with Crippen LogP contribution in [0.3, 0.4) is 0 Å². The van der Waals surface area contributed by atoms with E-state index in [1.54, 1.807) is 0 Å². The van der Waals surface area contributed by atoms with E-state index < -0.39 is 27.1 Å². The minimum Gasteiger partial charge on any atom is -0.306 e. The van der Waals surface area contributed by atoms with E-state index in [1.165, 1.54) is 30.3 Å². The minimum absolute atomic E-state index is 0.0453. The third kappa shape index (κ3) is 2.55. The Balaban J connectivity index is 2.38. The van der Waals surface area contributed by atoms with E-state index in [2.05, 4.69) is 4.98 Å². The summed E-state index contributed by atoms with van der Waals surface area (Å²) in [6, 6.07) is 8.06. The molecule has 118 valence electrons. The fraction of sp³-hybridized carbons (Fsp3) is 0. The van der Waals surface area contributed by atoms with Crippen molar-refractivity contribution < 1.29 is 12.8 Å². The zero-order valence-electron chi connectivity index (χ0n) is 11.3. The summed E-state index contributed by atoms with van der Waals surface area (Å²) in [5.74, 6) is -0.725. The van der Waals surface area contributed by atoms with Crippen LogP contribution in [-0.4, -0.2) is 17.4 Å². The van der Waals surface area contributed by atoms with Crippen LogP contribution in [0.2, 0.25) is 5.02 Å². The van der Waals surface area contributed by atoms with Crippen molar-refractivity contribution in [3.05, 3.63) is 74.1 Å². The van der Waals surface area contributed by atoms with Crippen molar-refractivity contribution in [1.29, 1.82) is 0 Å². The third-order valence-electron chi connectivity index (χ3n) is 3.17. The second kappa shape index (κ2) is 5.32. The summed E-state index contributed by atoms with van der Waals surface area (Å²) in [7, 11) is -4.44. The van der Waals surface area contributed by atoms with Crippen molar-refractivity contribution in [2.24, 2.45) is 0 Å². The fourth-order valence-corrected chi connectivity index (χ4v) is 3.50. The zero-order valence-corrected chi connectivity index (χ0v) is 12.9. The molecule has 9 heteroatoms. The molecule has 2 aromatic carbocycles. The first kappa shape index (κ1) is 15.4. The van der Waals surface area contributed by atoms with Gasteiger partial charge in [0, 0.05) is 5.02 Å². The maximum absolute atomic E-state index is 13.3. The van der Waals surface area contributed by atoms with Gasteiger partial charge in [-0.05, 0) is 42.5 Å². The molecule has 3 aromatic rings. The number of fused-ring (bicyclic) bond motifs is 1. The van der Waals surface area contributed by atoms with E-state index in [0.717, 1.165) is 12.1 Å². The van der Waals surface area contributed by atoms with E-state index in [0.29, 0.717) is 5.02 Å². The maximum atomic E-state index is 13.3. The lowest BCUT2D eigenvalue weighted by molar-refractivity contribution is 0.582. The number of aromatic amines is 1. The molecule has 0 atom stereocenters. The summed E-state index contributed by atoms with van der Waals surface area (Å²) < 4.78 is 38.4. The average Bonchev–Trinajstić information content (AvgIpc) is 2.48. The maximum Gasteiger partial charge on any atom is 0.343 e. The number of hydrogen-bond donors (Lipinski definition) is 1. The molecule has 6 nitrogen and oxygen atoms in total. The van der Waals surface area contributed by atoms with E-state index in [9.17, 15) is 22.4 Å². The van der Waals surface area contributed by atoms with Gasteiger partial charge in [0.15, 0.2) is 0 Å². The summed E-state index contributed by atoms with van der Waals surface area (Å²) in [5, 5.41) is 0.0490. The normalized spacial score (nSPS) is 11.7. The largest absolute Gasteiger partial charge is 0.343 e. The molecule has 0 spiro atoms. The highest BCUT2D eigenvalue weighted by Crippen LogP contribution is 2.16. The zero-order chi connectivity index (χ0) is 16.8. The summed E-state index contributed by atoms with van der Waals surface area (Å²) in [6.07, 6.45) is 0. The standard InChI is InChI=1S/C14H8ClFN2O4S/c15-8-1-4-10(5-2-8)23(21,22)18-13(19)11-7-9(16)3-6-12(11)17-14(18)20/h1-7H,(H,17,20). The Hall–Kier alpha value is -2.45. The number of H-pyrrole nitrogens is 1. The van der Waals surface area contributed by atoms with Crippen LogP contribution in [0, 0.1) is 5.82 Å². The number of benzene rings is 2. The lowest BCUT2D eigenvalue weighted by atomic mass is 10.2. The quantitative estimate of drug-likeness (QED) is 0.758. The predicted molar refractivity (Wildman–Crippen MR) is 82.8 cm³/mol. The van der Waals surface area contributed by atoms with Gasteiger partial charge in [0.05, 0.1) is 15.8 Å². The highest BCUT2D eigenvalue weighted by atomic mass is 35.5. The van der Waals surface area contributed by atoms with Gasteiger partial charge in [-0.2, -0.15) is 0 Å². The topological polar surface area (TPSA) is 89.0 Å². The fourth-order valence-electron chi connectivity index (χ4n) is 2.10. The minimum atomic E-state index is -4.44. The molecule has 0 unspecified atom stereocenters. The summed E-state index contributed by atoms with van der Waals surface area (Å²) in [6.45, 7) is 0. The van der Waals surface area contributed by atoms with E-state index >= 15 is 0 Å². The van der Waals surface area contributed by atoms with Crippen LogP contribution in [0.4, 0.5) is 4.39 Å². The van der Waals surface area contributed by atoms with Gasteiger partial charge in [-0.15, -0.1) is 3.97 Å². The lowest BCUT2D eigenvalue weighted by Gasteiger charge is -2.08. The highest BCUT2D eigenvalue weighted by molar-refractivity contribution is 7.90. The van der Waals surface area contributed by atoms with Crippen molar-refractivity contribution in [3.63, 3.8) is 0 Å². The Bertz CT molecular complexity index is 1130. The van der Waals surface area contributed by atoms with Gasteiger partial charge < -0.3 is 4.98 Å². The average molecular weight is 355 g/mol. The molecule has 1 heterocycles. The van der Waals surface area contributed by atoms with Crippen LogP contribution in [-0.2, 0) is 10.0 Å². The van der Waals surface area contributed by atoms with Gasteiger partial charge in [-0.1, -0.05) is 11.6 Å². The molecule has 0 saturated heterocycles.